The van der Waals surface area contributed by atoms with Gasteiger partial charge in [-0.1, -0.05) is 6.92 Å². The van der Waals surface area contributed by atoms with Crippen LogP contribution >= 0.6 is 0 Å². The van der Waals surface area contributed by atoms with Gasteiger partial charge in [-0.25, -0.2) is 4.39 Å². The molecule has 4 rings (SSSR count). The van der Waals surface area contributed by atoms with Crippen molar-refractivity contribution in [3.05, 3.63) is 68.3 Å². The first-order valence-electron chi connectivity index (χ1n) is 12.8. The van der Waals surface area contributed by atoms with E-state index >= 15 is 0 Å². The molecule has 0 aliphatic carbocycles. The largest absolute Gasteiger partial charge is 0.494 e. The highest BCUT2D eigenvalue weighted by molar-refractivity contribution is 5.97. The molecule has 2 aromatic carbocycles. The number of carboxylic acid groups (broad SMARTS) is 1. The summed E-state index contributed by atoms with van der Waals surface area (Å²) in [5.41, 5.74) is 11.5. The number of fused-ring (bicyclic) bond motifs is 2. The van der Waals surface area contributed by atoms with Crippen molar-refractivity contribution in [3.63, 3.8) is 0 Å². The Balaban J connectivity index is 1.82. The summed E-state index contributed by atoms with van der Waals surface area (Å²) >= 11 is 0. The van der Waals surface area contributed by atoms with E-state index in [9.17, 15) is 19.1 Å². The zero-order chi connectivity index (χ0) is 27.6. The number of rotatable bonds is 7. The first-order valence-corrected chi connectivity index (χ1v) is 12.8. The number of nitrogens with zero attached hydrogens (tertiary/aromatic N) is 4. The number of carbonyl (C=O) groups is 2. The molecule has 2 aromatic rings. The summed E-state index contributed by atoms with van der Waals surface area (Å²) in [6.07, 6.45) is 2.05. The van der Waals surface area contributed by atoms with Crippen molar-refractivity contribution < 1.29 is 28.6 Å². The van der Waals surface area contributed by atoms with Crippen molar-refractivity contribution >= 4 is 11.9 Å². The molecule has 202 valence electrons. The van der Waals surface area contributed by atoms with Crippen molar-refractivity contribution in [2.75, 3.05) is 26.7 Å². The van der Waals surface area contributed by atoms with Crippen molar-refractivity contribution in [2.45, 2.75) is 52.6 Å². The van der Waals surface area contributed by atoms with Gasteiger partial charge in [-0.15, -0.1) is 0 Å². The number of piperidine rings is 1. The highest BCUT2D eigenvalue weighted by atomic mass is 19.1. The summed E-state index contributed by atoms with van der Waals surface area (Å²) in [5.74, 6) is -1.31. The van der Waals surface area contributed by atoms with Gasteiger partial charge in [0.2, 0.25) is 5.91 Å². The minimum absolute atomic E-state index is 0.115. The second-order valence-corrected chi connectivity index (χ2v) is 10.6. The van der Waals surface area contributed by atoms with Crippen molar-refractivity contribution in [3.8, 4) is 11.5 Å². The zero-order valence-corrected chi connectivity index (χ0v) is 22.2. The third-order valence-electron chi connectivity index (χ3n) is 7.78. The highest BCUT2D eigenvalue weighted by Gasteiger charge is 2.38. The molecule has 1 amide bonds. The molecule has 10 heteroatoms. The van der Waals surface area contributed by atoms with E-state index in [4.69, 9.17) is 15.0 Å². The lowest BCUT2D eigenvalue weighted by Gasteiger charge is -2.39. The SMILES string of the molecule is CCc1c(C(=O)N=[N+]=[N-])ccc2c1C(C1CCN(CC(C)(C)C(=O)O)CC1)c1cc(OC)c(F)cc1CO2. The Labute approximate surface area is 221 Å². The van der Waals surface area contributed by atoms with Crippen LogP contribution in [0, 0.1) is 17.2 Å². The van der Waals surface area contributed by atoms with Crippen LogP contribution in [0.4, 0.5) is 4.39 Å². The molecule has 2 aliphatic heterocycles. The fourth-order valence-electron chi connectivity index (χ4n) is 5.84. The molecule has 0 bridgehead atoms. The number of benzene rings is 2. The molecule has 1 N–H and O–H groups in total. The monoisotopic (exact) mass is 524 g/mol. The maximum absolute atomic E-state index is 14.8. The molecule has 0 aromatic heterocycles. The predicted octanol–water partition coefficient (Wildman–Crippen LogP) is 5.69. The third-order valence-corrected chi connectivity index (χ3v) is 7.78. The average molecular weight is 525 g/mol. The standard InChI is InChI=1S/C28H33FN4O5/c1-5-18-19(26(34)31-32-30)6-7-22-25(18)24(20-13-23(37-4)21(29)12-17(20)14-38-22)16-8-10-33(11-9-16)15-28(2,3)27(35)36/h6-7,12-13,16,24H,5,8-11,14-15H2,1-4H3,(H,35,36). The van der Waals surface area contributed by atoms with Gasteiger partial charge in [0.05, 0.1) is 12.5 Å². The number of hydrogen-bond donors (Lipinski definition) is 1. The number of hydrogen-bond acceptors (Lipinski definition) is 5. The number of carbonyl (C=O) groups excluding carboxylic acids is 1. The molecular weight excluding hydrogens is 491 g/mol. The summed E-state index contributed by atoms with van der Waals surface area (Å²) in [6, 6.07) is 6.54. The van der Waals surface area contributed by atoms with Crippen molar-refractivity contribution in [1.29, 1.82) is 0 Å². The maximum atomic E-state index is 14.8. The number of carboxylic acids is 1. The Hall–Kier alpha value is -3.62. The van der Waals surface area contributed by atoms with E-state index < -0.39 is 23.1 Å². The number of likely N-dealkylation sites (tertiary alicyclic amines) is 1. The van der Waals surface area contributed by atoms with Gasteiger partial charge in [-0.05, 0) is 104 Å². The summed E-state index contributed by atoms with van der Waals surface area (Å²) in [6.45, 7) is 7.42. The smallest absolute Gasteiger partial charge is 0.310 e. The first-order chi connectivity index (χ1) is 18.1. The number of ether oxygens (including phenoxy) is 2. The summed E-state index contributed by atoms with van der Waals surface area (Å²) in [4.78, 5) is 29.2. The van der Waals surface area contributed by atoms with Crippen LogP contribution < -0.4 is 9.47 Å². The van der Waals surface area contributed by atoms with E-state index in [-0.39, 0.29) is 24.2 Å². The Morgan fingerprint density at radius 3 is 2.61 bits per heavy atom. The Morgan fingerprint density at radius 1 is 1.29 bits per heavy atom. The fraction of sp³-hybridized carbons (Fsp3) is 0.500. The molecule has 2 aliphatic rings. The number of halogens is 1. The molecule has 1 fully saturated rings. The maximum Gasteiger partial charge on any atom is 0.310 e. The van der Waals surface area contributed by atoms with Crippen LogP contribution in [0.25, 0.3) is 10.4 Å². The van der Waals surface area contributed by atoms with Gasteiger partial charge in [0.15, 0.2) is 11.6 Å². The minimum Gasteiger partial charge on any atom is -0.494 e. The number of methoxy groups -OCH3 is 1. The van der Waals surface area contributed by atoms with Crippen LogP contribution in [0.2, 0.25) is 0 Å². The van der Waals surface area contributed by atoms with Gasteiger partial charge in [0.25, 0.3) is 0 Å². The number of azide groups is 1. The van der Waals surface area contributed by atoms with E-state index in [1.54, 1.807) is 32.0 Å². The summed E-state index contributed by atoms with van der Waals surface area (Å²) in [7, 11) is 1.43. The molecule has 0 radical (unpaired) electrons. The van der Waals surface area contributed by atoms with Crippen LogP contribution in [0.1, 0.15) is 72.1 Å². The van der Waals surface area contributed by atoms with Crippen LogP contribution in [0.15, 0.2) is 29.4 Å². The lowest BCUT2D eigenvalue weighted by atomic mass is 9.72. The molecule has 1 atom stereocenters. The van der Waals surface area contributed by atoms with Gasteiger partial charge < -0.3 is 19.5 Å². The topological polar surface area (TPSA) is 125 Å². The quantitative estimate of drug-likeness (QED) is 0.282. The lowest BCUT2D eigenvalue weighted by molar-refractivity contribution is -0.148. The van der Waals surface area contributed by atoms with Crippen LogP contribution in [-0.4, -0.2) is 48.6 Å². The van der Waals surface area contributed by atoms with Crippen molar-refractivity contribution in [1.82, 2.24) is 4.90 Å². The predicted molar refractivity (Wildman–Crippen MR) is 139 cm³/mol. The minimum atomic E-state index is -0.862. The second kappa shape index (κ2) is 11.0. The number of aliphatic carboxylic acids is 1. The Morgan fingerprint density at radius 2 is 2.00 bits per heavy atom. The summed E-state index contributed by atoms with van der Waals surface area (Å²) < 4.78 is 26.3. The van der Waals surface area contributed by atoms with Crippen LogP contribution in [-0.2, 0) is 17.8 Å². The Kier molecular flexibility index (Phi) is 7.94. The molecular formula is C28H33FN4O5. The van der Waals surface area contributed by atoms with Gasteiger partial charge in [0, 0.05) is 28.5 Å². The van der Waals surface area contributed by atoms with Crippen LogP contribution in [0.5, 0.6) is 11.5 Å². The molecule has 38 heavy (non-hydrogen) atoms. The highest BCUT2D eigenvalue weighted by Crippen LogP contribution is 2.48. The molecule has 9 nitrogen and oxygen atoms in total. The second-order valence-electron chi connectivity index (χ2n) is 10.6. The first kappa shape index (κ1) is 27.4. The molecule has 2 heterocycles. The van der Waals surface area contributed by atoms with E-state index in [0.717, 1.165) is 29.5 Å². The number of amides is 1. The van der Waals surface area contributed by atoms with Gasteiger partial charge in [0.1, 0.15) is 12.4 Å². The van der Waals surface area contributed by atoms with E-state index in [0.29, 0.717) is 42.9 Å². The van der Waals surface area contributed by atoms with Gasteiger partial charge >= 0.3 is 5.97 Å². The van der Waals surface area contributed by atoms with Crippen LogP contribution in [0.3, 0.4) is 0 Å². The zero-order valence-electron chi connectivity index (χ0n) is 22.2. The third kappa shape index (κ3) is 5.19. The molecule has 1 unspecified atom stereocenters. The fourth-order valence-corrected chi connectivity index (χ4v) is 5.84. The van der Waals surface area contributed by atoms with E-state index in [2.05, 4.69) is 14.9 Å². The Bertz CT molecular complexity index is 1300. The average Bonchev–Trinajstić information content (AvgIpc) is 3.04. The summed E-state index contributed by atoms with van der Waals surface area (Å²) in [5, 5.41) is 12.9. The molecule has 0 spiro atoms. The normalized spacial score (nSPS) is 17.9. The molecule has 0 saturated carbocycles. The van der Waals surface area contributed by atoms with Gasteiger partial charge in [-0.2, -0.15) is 0 Å². The van der Waals surface area contributed by atoms with E-state index in [1.807, 2.05) is 6.92 Å². The van der Waals surface area contributed by atoms with E-state index in [1.165, 1.54) is 13.2 Å². The lowest BCUT2D eigenvalue weighted by Crippen LogP contribution is -2.44. The molecule has 1 saturated heterocycles. The van der Waals surface area contributed by atoms with Crippen molar-refractivity contribution in [2.24, 2.45) is 16.4 Å². The van der Waals surface area contributed by atoms with Gasteiger partial charge in [-0.3, -0.25) is 9.59 Å².